The minimum atomic E-state index is 0.0833. The van der Waals surface area contributed by atoms with E-state index in [1.54, 1.807) is 0 Å². The van der Waals surface area contributed by atoms with Crippen LogP contribution in [0.2, 0.25) is 0 Å². The van der Waals surface area contributed by atoms with Crippen molar-refractivity contribution in [2.24, 2.45) is 11.1 Å². The van der Waals surface area contributed by atoms with E-state index in [1.807, 2.05) is 19.1 Å². The number of hydrogen-bond donors (Lipinski definition) is 1. The summed E-state index contributed by atoms with van der Waals surface area (Å²) < 4.78 is 0. The van der Waals surface area contributed by atoms with Gasteiger partial charge in [0.2, 0.25) is 0 Å². The molecule has 0 saturated carbocycles. The number of hydrogen-bond acceptors (Lipinski definition) is 1. The Bertz CT molecular complexity index is 135. The molecule has 0 heterocycles. The molecule has 0 aromatic heterocycles. The second-order valence-electron chi connectivity index (χ2n) is 2.09. The van der Waals surface area contributed by atoms with Crippen molar-refractivity contribution in [1.29, 1.82) is 0 Å². The normalized spacial score (nSPS) is 37.0. The molecule has 0 fully saturated rings. The Labute approximate surface area is 43.5 Å². The number of allylic oxidation sites excluding steroid dienone is 2. The molecule has 0 aromatic carbocycles. The average molecular weight is 95.1 g/mol. The largest absolute Gasteiger partial charge is 0.401 e. The summed E-state index contributed by atoms with van der Waals surface area (Å²) in [5, 5.41) is 0. The van der Waals surface area contributed by atoms with Crippen molar-refractivity contribution < 1.29 is 0 Å². The van der Waals surface area contributed by atoms with Gasteiger partial charge in [0.25, 0.3) is 0 Å². The molecule has 0 amide bonds. The van der Waals surface area contributed by atoms with Gasteiger partial charge in [0.05, 0.1) is 0 Å². The average Bonchev–Trinajstić information content (AvgIpc) is 2.18. The Morgan fingerprint density at radius 3 is 2.43 bits per heavy atom. The Morgan fingerprint density at radius 2 is 2.43 bits per heavy atom. The molecule has 2 N–H and O–H groups in total. The summed E-state index contributed by atoms with van der Waals surface area (Å²) in [5.41, 5.74) is 6.43. The molecule has 1 heteroatoms. The third-order valence-corrected chi connectivity index (χ3v) is 1.42. The van der Waals surface area contributed by atoms with E-state index in [0.29, 0.717) is 0 Å². The lowest BCUT2D eigenvalue weighted by Crippen LogP contribution is -1.98. The van der Waals surface area contributed by atoms with E-state index >= 15 is 0 Å². The highest BCUT2D eigenvalue weighted by Gasteiger charge is 2.32. The highest BCUT2D eigenvalue weighted by molar-refractivity contribution is 5.40. The van der Waals surface area contributed by atoms with Crippen LogP contribution in [0.5, 0.6) is 0 Å². The summed E-state index contributed by atoms with van der Waals surface area (Å²) in [6.07, 6.45) is 3.84. The second-order valence-corrected chi connectivity index (χ2v) is 2.09. The van der Waals surface area contributed by atoms with Crippen molar-refractivity contribution in [3.63, 3.8) is 0 Å². The van der Waals surface area contributed by atoms with Crippen LogP contribution in [0.15, 0.2) is 24.4 Å². The fourth-order valence-corrected chi connectivity index (χ4v) is 0.464. The van der Waals surface area contributed by atoms with Gasteiger partial charge in [0, 0.05) is 11.1 Å². The topological polar surface area (TPSA) is 26.0 Å². The van der Waals surface area contributed by atoms with Crippen LogP contribution in [0.1, 0.15) is 6.92 Å². The lowest BCUT2D eigenvalue weighted by Gasteiger charge is -1.97. The first-order valence-corrected chi connectivity index (χ1v) is 2.31. The summed E-state index contributed by atoms with van der Waals surface area (Å²) in [7, 11) is 0. The standard InChI is InChI=1S/C6H9N/c1-3-6(2)4-5(6)7/h3-4H,1,7H2,2H3. The van der Waals surface area contributed by atoms with Crippen molar-refractivity contribution in [3.8, 4) is 0 Å². The van der Waals surface area contributed by atoms with Crippen LogP contribution in [0.25, 0.3) is 0 Å². The zero-order valence-electron chi connectivity index (χ0n) is 4.44. The maximum absolute atomic E-state index is 5.40. The predicted molar refractivity (Wildman–Crippen MR) is 30.6 cm³/mol. The van der Waals surface area contributed by atoms with E-state index in [9.17, 15) is 0 Å². The number of nitrogens with two attached hydrogens (primary N) is 1. The van der Waals surface area contributed by atoms with Gasteiger partial charge in [0.15, 0.2) is 0 Å². The minimum absolute atomic E-state index is 0.0833. The van der Waals surface area contributed by atoms with E-state index in [-0.39, 0.29) is 5.41 Å². The van der Waals surface area contributed by atoms with Crippen molar-refractivity contribution in [3.05, 3.63) is 24.4 Å². The molecule has 0 radical (unpaired) electrons. The smallest absolute Gasteiger partial charge is 0.0444 e. The quantitative estimate of drug-likeness (QED) is 0.484. The molecule has 1 rings (SSSR count). The zero-order chi connectivity index (χ0) is 5.49. The molecule has 0 saturated heterocycles. The first-order chi connectivity index (χ1) is 3.19. The SMILES string of the molecule is C=CC1(C)C=C1N. The van der Waals surface area contributed by atoms with Crippen LogP contribution in [-0.2, 0) is 0 Å². The van der Waals surface area contributed by atoms with Crippen LogP contribution >= 0.6 is 0 Å². The van der Waals surface area contributed by atoms with Gasteiger partial charge < -0.3 is 5.73 Å². The molecular formula is C6H9N. The van der Waals surface area contributed by atoms with E-state index < -0.39 is 0 Å². The van der Waals surface area contributed by atoms with Crippen LogP contribution < -0.4 is 5.73 Å². The first kappa shape index (κ1) is 4.44. The number of rotatable bonds is 1. The molecule has 0 aromatic rings. The maximum Gasteiger partial charge on any atom is 0.0444 e. The molecule has 1 unspecified atom stereocenters. The van der Waals surface area contributed by atoms with Gasteiger partial charge in [0.1, 0.15) is 0 Å². The fraction of sp³-hybridized carbons (Fsp3) is 0.333. The molecule has 0 spiro atoms. The van der Waals surface area contributed by atoms with Gasteiger partial charge in [-0.3, -0.25) is 0 Å². The van der Waals surface area contributed by atoms with E-state index in [2.05, 4.69) is 6.58 Å². The molecule has 7 heavy (non-hydrogen) atoms. The van der Waals surface area contributed by atoms with Gasteiger partial charge in [-0.1, -0.05) is 6.08 Å². The van der Waals surface area contributed by atoms with Crippen LogP contribution in [-0.4, -0.2) is 0 Å². The van der Waals surface area contributed by atoms with E-state index in [1.165, 1.54) is 0 Å². The maximum atomic E-state index is 5.40. The highest BCUT2D eigenvalue weighted by Crippen LogP contribution is 2.40. The first-order valence-electron chi connectivity index (χ1n) is 2.31. The molecule has 1 aliphatic carbocycles. The summed E-state index contributed by atoms with van der Waals surface area (Å²) in [5.74, 6) is 0. The molecule has 1 aliphatic rings. The molecule has 1 atom stereocenters. The van der Waals surface area contributed by atoms with E-state index in [0.717, 1.165) is 5.70 Å². The third kappa shape index (κ3) is 0.446. The van der Waals surface area contributed by atoms with Gasteiger partial charge >= 0.3 is 0 Å². The van der Waals surface area contributed by atoms with E-state index in [4.69, 9.17) is 5.73 Å². The van der Waals surface area contributed by atoms with Crippen molar-refractivity contribution >= 4 is 0 Å². The lowest BCUT2D eigenvalue weighted by atomic mass is 10.1. The Hall–Kier alpha value is -0.720. The zero-order valence-corrected chi connectivity index (χ0v) is 4.44. The third-order valence-electron chi connectivity index (χ3n) is 1.42. The van der Waals surface area contributed by atoms with Crippen LogP contribution in [0.3, 0.4) is 0 Å². The van der Waals surface area contributed by atoms with Crippen molar-refractivity contribution in [2.45, 2.75) is 6.92 Å². The summed E-state index contributed by atoms with van der Waals surface area (Å²) in [6, 6.07) is 0. The molecule has 1 nitrogen and oxygen atoms in total. The lowest BCUT2D eigenvalue weighted by molar-refractivity contribution is 0.793. The van der Waals surface area contributed by atoms with Crippen molar-refractivity contribution in [2.75, 3.05) is 0 Å². The summed E-state index contributed by atoms with van der Waals surface area (Å²) in [4.78, 5) is 0. The molecule has 0 aliphatic heterocycles. The molecular weight excluding hydrogens is 86.1 g/mol. The highest BCUT2D eigenvalue weighted by atomic mass is 14.7. The van der Waals surface area contributed by atoms with Crippen LogP contribution in [0, 0.1) is 5.41 Å². The van der Waals surface area contributed by atoms with Crippen LogP contribution in [0.4, 0.5) is 0 Å². The predicted octanol–water partition coefficient (Wildman–Crippen LogP) is 1.03. The van der Waals surface area contributed by atoms with Gasteiger partial charge in [-0.2, -0.15) is 0 Å². The molecule has 0 bridgehead atoms. The monoisotopic (exact) mass is 95.1 g/mol. The Balaban J connectivity index is 2.59. The Kier molecular flexibility index (Phi) is 0.580. The van der Waals surface area contributed by atoms with Gasteiger partial charge in [-0.25, -0.2) is 0 Å². The summed E-state index contributed by atoms with van der Waals surface area (Å²) in [6.45, 7) is 5.65. The molecule has 38 valence electrons. The van der Waals surface area contributed by atoms with Gasteiger partial charge in [-0.05, 0) is 13.0 Å². The second kappa shape index (κ2) is 0.915. The van der Waals surface area contributed by atoms with Crippen molar-refractivity contribution in [1.82, 2.24) is 0 Å². The minimum Gasteiger partial charge on any atom is -0.401 e. The Morgan fingerprint density at radius 1 is 2.00 bits per heavy atom. The van der Waals surface area contributed by atoms with Gasteiger partial charge in [-0.15, -0.1) is 6.58 Å². The fourth-order valence-electron chi connectivity index (χ4n) is 0.464. The summed E-state index contributed by atoms with van der Waals surface area (Å²) >= 11 is 0.